The van der Waals surface area contributed by atoms with E-state index in [0.717, 1.165) is 36.0 Å². The molecular weight excluding hydrogens is 387 g/mol. The van der Waals surface area contributed by atoms with Gasteiger partial charge in [0.2, 0.25) is 0 Å². The van der Waals surface area contributed by atoms with Crippen LogP contribution in [0.1, 0.15) is 10.4 Å². The second-order valence-corrected chi connectivity index (χ2v) is 5.66. The number of carbonyl (C=O) groups is 2. The van der Waals surface area contributed by atoms with Gasteiger partial charge in [-0.25, -0.2) is 4.79 Å². The van der Waals surface area contributed by atoms with E-state index in [9.17, 15) is 22.8 Å². The Balaban J connectivity index is 1.55. The Bertz CT molecular complexity index is 973. The number of hydrogen-bond acceptors (Lipinski definition) is 7. The minimum Gasteiger partial charge on any atom is -0.452 e. The number of benzene rings is 2. The quantitative estimate of drug-likeness (QED) is 0.664. The van der Waals surface area contributed by atoms with E-state index in [1.54, 1.807) is 18.2 Å². The molecule has 27 heavy (non-hydrogen) atoms. The first-order chi connectivity index (χ1) is 12.8. The Morgan fingerprint density at radius 3 is 2.52 bits per heavy atom. The van der Waals surface area contributed by atoms with Gasteiger partial charge in [-0.2, -0.15) is 8.75 Å². The summed E-state index contributed by atoms with van der Waals surface area (Å²) in [6.45, 7) is -0.576. The van der Waals surface area contributed by atoms with E-state index in [2.05, 4.69) is 18.8 Å². The number of rotatable bonds is 5. The summed E-state index contributed by atoms with van der Waals surface area (Å²) in [5.41, 5.74) is 1.54. The van der Waals surface area contributed by atoms with Crippen LogP contribution in [0.15, 0.2) is 42.5 Å². The van der Waals surface area contributed by atoms with Gasteiger partial charge < -0.3 is 14.8 Å². The van der Waals surface area contributed by atoms with E-state index in [-0.39, 0.29) is 5.56 Å². The smallest absolute Gasteiger partial charge is 0.452 e. The first-order valence-electron chi connectivity index (χ1n) is 7.36. The van der Waals surface area contributed by atoms with Crippen molar-refractivity contribution in [2.75, 3.05) is 11.9 Å². The summed E-state index contributed by atoms with van der Waals surface area (Å²) >= 11 is 0.997. The highest BCUT2D eigenvalue weighted by Gasteiger charge is 2.31. The molecule has 1 N–H and O–H groups in total. The predicted molar refractivity (Wildman–Crippen MR) is 89.5 cm³/mol. The Morgan fingerprint density at radius 1 is 1.07 bits per heavy atom. The molecule has 3 rings (SSSR count). The number of fused-ring (bicyclic) bond motifs is 1. The lowest BCUT2D eigenvalue weighted by Crippen LogP contribution is -2.21. The summed E-state index contributed by atoms with van der Waals surface area (Å²) in [6.07, 6.45) is -4.82. The number of carbonyl (C=O) groups excluding carboxylic acids is 2. The lowest BCUT2D eigenvalue weighted by molar-refractivity contribution is -0.274. The number of halogens is 3. The molecule has 0 bridgehead atoms. The van der Waals surface area contributed by atoms with E-state index in [1.165, 1.54) is 0 Å². The van der Waals surface area contributed by atoms with Crippen LogP contribution in [0.25, 0.3) is 11.0 Å². The lowest BCUT2D eigenvalue weighted by atomic mass is 10.2. The van der Waals surface area contributed by atoms with Crippen molar-refractivity contribution in [1.82, 2.24) is 8.75 Å². The number of nitrogens with zero attached hydrogens (tertiary/aromatic N) is 2. The Labute approximate surface area is 154 Å². The fraction of sp³-hybridized carbons (Fsp3) is 0.125. The number of esters is 1. The van der Waals surface area contributed by atoms with Gasteiger partial charge in [0.25, 0.3) is 5.91 Å². The SMILES string of the molecule is O=C(COC(=O)c1ccc(OC(F)(F)F)cc1)Nc1cccc2nsnc12. The molecule has 0 saturated carbocycles. The molecule has 0 saturated heterocycles. The van der Waals surface area contributed by atoms with Crippen molar-refractivity contribution >= 4 is 40.3 Å². The standard InChI is InChI=1S/C16H10F3N3O4S/c17-16(18,19)26-10-6-4-9(5-7-10)15(24)25-8-13(23)20-11-2-1-3-12-14(11)22-27-21-12/h1-7H,8H2,(H,20,23). The topological polar surface area (TPSA) is 90.4 Å². The zero-order valence-electron chi connectivity index (χ0n) is 13.3. The second kappa shape index (κ2) is 7.58. The van der Waals surface area contributed by atoms with Crippen molar-refractivity contribution in [1.29, 1.82) is 0 Å². The first-order valence-corrected chi connectivity index (χ1v) is 8.09. The Hall–Kier alpha value is -3.21. The van der Waals surface area contributed by atoms with Crippen LogP contribution in [0.3, 0.4) is 0 Å². The molecule has 11 heteroatoms. The highest BCUT2D eigenvalue weighted by molar-refractivity contribution is 7.00. The van der Waals surface area contributed by atoms with Crippen LogP contribution in [0.5, 0.6) is 5.75 Å². The number of amides is 1. The summed E-state index contributed by atoms with van der Waals surface area (Å²) in [6, 6.07) is 9.20. The van der Waals surface area contributed by atoms with Crippen molar-refractivity contribution in [3.8, 4) is 5.75 Å². The number of aromatic nitrogens is 2. The fourth-order valence-corrected chi connectivity index (χ4v) is 2.65. The van der Waals surface area contributed by atoms with Gasteiger partial charge in [-0.15, -0.1) is 13.2 Å². The fourth-order valence-electron chi connectivity index (χ4n) is 2.10. The number of nitrogens with one attached hydrogen (secondary N) is 1. The zero-order chi connectivity index (χ0) is 19.4. The maximum Gasteiger partial charge on any atom is 0.573 e. The average Bonchev–Trinajstić information content (AvgIpc) is 3.09. The van der Waals surface area contributed by atoms with Crippen LogP contribution in [-0.2, 0) is 9.53 Å². The van der Waals surface area contributed by atoms with Crippen molar-refractivity contribution in [3.05, 3.63) is 48.0 Å². The summed E-state index contributed by atoms with van der Waals surface area (Å²) in [7, 11) is 0. The van der Waals surface area contributed by atoms with Crippen LogP contribution >= 0.6 is 11.7 Å². The van der Waals surface area contributed by atoms with E-state index in [4.69, 9.17) is 4.74 Å². The van der Waals surface area contributed by atoms with E-state index < -0.39 is 30.6 Å². The van der Waals surface area contributed by atoms with Gasteiger partial charge in [-0.3, -0.25) is 4.79 Å². The van der Waals surface area contributed by atoms with Gasteiger partial charge in [0, 0.05) is 0 Å². The van der Waals surface area contributed by atoms with Crippen LogP contribution < -0.4 is 10.1 Å². The zero-order valence-corrected chi connectivity index (χ0v) is 14.1. The van der Waals surface area contributed by atoms with Gasteiger partial charge in [0.15, 0.2) is 6.61 Å². The minimum atomic E-state index is -4.82. The molecule has 2 aromatic carbocycles. The maximum absolute atomic E-state index is 12.1. The molecule has 0 aliphatic carbocycles. The molecule has 0 spiro atoms. The van der Waals surface area contributed by atoms with Crippen molar-refractivity contribution in [3.63, 3.8) is 0 Å². The van der Waals surface area contributed by atoms with Crippen molar-refractivity contribution in [2.45, 2.75) is 6.36 Å². The van der Waals surface area contributed by atoms with Crippen molar-refractivity contribution < 1.29 is 32.2 Å². The highest BCUT2D eigenvalue weighted by Crippen LogP contribution is 2.23. The van der Waals surface area contributed by atoms with Crippen LogP contribution in [0.2, 0.25) is 0 Å². The number of alkyl halides is 3. The predicted octanol–water partition coefficient (Wildman–Crippen LogP) is 3.39. The minimum absolute atomic E-state index is 0.0249. The molecule has 1 amide bonds. The molecule has 0 atom stereocenters. The van der Waals surface area contributed by atoms with E-state index in [0.29, 0.717) is 16.7 Å². The molecule has 0 radical (unpaired) electrons. The Morgan fingerprint density at radius 2 is 1.81 bits per heavy atom. The molecule has 0 aliphatic heterocycles. The summed E-state index contributed by atoms with van der Waals surface area (Å²) in [5.74, 6) is -1.93. The number of ether oxygens (including phenoxy) is 2. The van der Waals surface area contributed by atoms with Crippen molar-refractivity contribution in [2.24, 2.45) is 0 Å². The number of hydrogen-bond donors (Lipinski definition) is 1. The largest absolute Gasteiger partial charge is 0.573 e. The molecule has 0 unspecified atom stereocenters. The molecule has 7 nitrogen and oxygen atoms in total. The molecule has 1 aromatic heterocycles. The van der Waals surface area contributed by atoms with Gasteiger partial charge in [0.1, 0.15) is 16.8 Å². The normalized spacial score (nSPS) is 11.2. The Kier molecular flexibility index (Phi) is 5.21. The average molecular weight is 397 g/mol. The lowest BCUT2D eigenvalue weighted by Gasteiger charge is -2.09. The first kappa shape index (κ1) is 18.6. The molecular formula is C16H10F3N3O4S. The molecule has 3 aromatic rings. The third-order valence-corrected chi connectivity index (χ3v) is 3.76. The van der Waals surface area contributed by atoms with Gasteiger partial charge >= 0.3 is 12.3 Å². The third-order valence-electron chi connectivity index (χ3n) is 3.22. The van der Waals surface area contributed by atoms with E-state index >= 15 is 0 Å². The van der Waals surface area contributed by atoms with Gasteiger partial charge in [-0.1, -0.05) is 6.07 Å². The van der Waals surface area contributed by atoms with Crippen LogP contribution in [-0.4, -0.2) is 33.6 Å². The number of anilines is 1. The molecule has 1 heterocycles. The third kappa shape index (κ3) is 4.91. The maximum atomic E-state index is 12.1. The monoisotopic (exact) mass is 397 g/mol. The second-order valence-electron chi connectivity index (χ2n) is 5.13. The van der Waals surface area contributed by atoms with Gasteiger partial charge in [-0.05, 0) is 36.4 Å². The highest BCUT2D eigenvalue weighted by atomic mass is 32.1. The molecule has 0 aliphatic rings. The molecule has 0 fully saturated rings. The van der Waals surface area contributed by atoms with Crippen LogP contribution in [0, 0.1) is 0 Å². The van der Waals surface area contributed by atoms with Crippen LogP contribution in [0.4, 0.5) is 18.9 Å². The van der Waals surface area contributed by atoms with Gasteiger partial charge in [0.05, 0.1) is 23.0 Å². The summed E-state index contributed by atoms with van der Waals surface area (Å²) < 4.78 is 53.0. The van der Waals surface area contributed by atoms with E-state index in [1.807, 2.05) is 0 Å². The molecule has 140 valence electrons. The summed E-state index contributed by atoms with van der Waals surface area (Å²) in [4.78, 5) is 23.8. The summed E-state index contributed by atoms with van der Waals surface area (Å²) in [5, 5.41) is 2.56.